The molecular formula is C10H12ClN5O4. The first-order valence-corrected chi connectivity index (χ1v) is 6.18. The third-order valence-corrected chi connectivity index (χ3v) is 3.50. The van der Waals surface area contributed by atoms with Crippen LogP contribution >= 0.6 is 11.6 Å². The molecule has 0 saturated carbocycles. The first-order chi connectivity index (χ1) is 9.54. The Kier molecular flexibility index (Phi) is 3.22. The second-order valence-corrected chi connectivity index (χ2v) is 4.75. The van der Waals surface area contributed by atoms with E-state index in [-0.39, 0.29) is 22.3 Å². The van der Waals surface area contributed by atoms with E-state index in [0.717, 1.165) is 0 Å². The molecule has 1 saturated heterocycles. The molecule has 20 heavy (non-hydrogen) atoms. The summed E-state index contributed by atoms with van der Waals surface area (Å²) in [6, 6.07) is 0. The van der Waals surface area contributed by atoms with Crippen molar-refractivity contribution in [1.82, 2.24) is 19.5 Å². The molecule has 3 rings (SSSR count). The number of aliphatic hydroxyl groups is 3. The lowest BCUT2D eigenvalue weighted by Gasteiger charge is -2.17. The molecule has 3 heterocycles. The monoisotopic (exact) mass is 301 g/mol. The molecule has 1 aliphatic heterocycles. The Balaban J connectivity index is 2.11. The number of ether oxygens (including phenoxy) is 1. The second-order valence-electron chi connectivity index (χ2n) is 4.41. The molecule has 2 unspecified atom stereocenters. The van der Waals surface area contributed by atoms with Crippen molar-refractivity contribution in [3.63, 3.8) is 0 Å². The van der Waals surface area contributed by atoms with Crippen LogP contribution in [0.3, 0.4) is 0 Å². The number of rotatable bonds is 2. The van der Waals surface area contributed by atoms with E-state index in [4.69, 9.17) is 27.2 Å². The van der Waals surface area contributed by atoms with Crippen LogP contribution in [0.2, 0.25) is 5.28 Å². The van der Waals surface area contributed by atoms with E-state index < -0.39 is 31.1 Å². The molecule has 4 atom stereocenters. The van der Waals surface area contributed by atoms with Gasteiger partial charge in [0.05, 0.1) is 6.61 Å². The third-order valence-electron chi connectivity index (χ3n) is 3.23. The highest BCUT2D eigenvalue weighted by Gasteiger charge is 2.44. The van der Waals surface area contributed by atoms with Crippen molar-refractivity contribution >= 4 is 28.6 Å². The van der Waals surface area contributed by atoms with E-state index in [1.54, 1.807) is 0 Å². The van der Waals surface area contributed by atoms with Crippen LogP contribution in [0.5, 0.6) is 0 Å². The van der Waals surface area contributed by atoms with E-state index in [9.17, 15) is 10.2 Å². The van der Waals surface area contributed by atoms with E-state index in [2.05, 4.69) is 15.0 Å². The molecule has 0 radical (unpaired) electrons. The summed E-state index contributed by atoms with van der Waals surface area (Å²) in [7, 11) is 0. The van der Waals surface area contributed by atoms with Gasteiger partial charge in [-0.1, -0.05) is 0 Å². The van der Waals surface area contributed by atoms with Crippen molar-refractivity contribution in [1.29, 1.82) is 0 Å². The maximum absolute atomic E-state index is 10.0. The summed E-state index contributed by atoms with van der Waals surface area (Å²) in [6.45, 7) is -0.434. The van der Waals surface area contributed by atoms with Gasteiger partial charge in [0, 0.05) is 0 Å². The van der Waals surface area contributed by atoms with Gasteiger partial charge in [-0.25, -0.2) is 15.0 Å². The predicted molar refractivity (Wildman–Crippen MR) is 67.8 cm³/mol. The SMILES string of the molecule is Nc1ncnc2c1nc(Cl)n2[C@@H]1O[C@H](CO)C(O)C1O. The Morgan fingerprint density at radius 2 is 2.10 bits per heavy atom. The van der Waals surface area contributed by atoms with Gasteiger partial charge in [0.2, 0.25) is 5.28 Å². The zero-order chi connectivity index (χ0) is 14.4. The molecule has 2 aromatic rings. The summed E-state index contributed by atoms with van der Waals surface area (Å²) >= 11 is 6.02. The van der Waals surface area contributed by atoms with E-state index in [1.165, 1.54) is 10.9 Å². The molecule has 108 valence electrons. The molecule has 9 nitrogen and oxygen atoms in total. The molecular weight excluding hydrogens is 290 g/mol. The second kappa shape index (κ2) is 4.79. The molecule has 0 aliphatic carbocycles. The molecule has 10 heteroatoms. The minimum absolute atomic E-state index is 0.0120. The number of nitrogen functional groups attached to an aromatic ring is 1. The third kappa shape index (κ3) is 1.83. The number of nitrogens with two attached hydrogens (primary N) is 1. The number of fused-ring (bicyclic) bond motifs is 1. The Morgan fingerprint density at radius 3 is 2.75 bits per heavy atom. The summed E-state index contributed by atoms with van der Waals surface area (Å²) in [5, 5.41) is 28.9. The van der Waals surface area contributed by atoms with Crippen molar-refractivity contribution in [2.75, 3.05) is 12.3 Å². The van der Waals surface area contributed by atoms with Crippen molar-refractivity contribution in [3.05, 3.63) is 11.6 Å². The van der Waals surface area contributed by atoms with Crippen molar-refractivity contribution in [3.8, 4) is 0 Å². The van der Waals surface area contributed by atoms with Gasteiger partial charge in [-0.2, -0.15) is 0 Å². The number of aromatic nitrogens is 4. The Labute approximate surface area is 117 Å². The Hall–Kier alpha value is -1.52. The molecule has 1 aliphatic rings. The van der Waals surface area contributed by atoms with Gasteiger partial charge in [0.1, 0.15) is 24.6 Å². The average molecular weight is 302 g/mol. The van der Waals surface area contributed by atoms with E-state index in [0.29, 0.717) is 0 Å². The number of hydrogen-bond acceptors (Lipinski definition) is 8. The maximum atomic E-state index is 10.0. The van der Waals surface area contributed by atoms with Gasteiger partial charge in [-0.15, -0.1) is 0 Å². The fraction of sp³-hybridized carbons (Fsp3) is 0.500. The lowest BCUT2D eigenvalue weighted by Crippen LogP contribution is -2.33. The van der Waals surface area contributed by atoms with Crippen LogP contribution in [0.25, 0.3) is 11.2 Å². The van der Waals surface area contributed by atoms with Crippen LogP contribution < -0.4 is 5.73 Å². The van der Waals surface area contributed by atoms with Crippen LogP contribution in [-0.4, -0.2) is 59.8 Å². The van der Waals surface area contributed by atoms with Crippen LogP contribution in [0.1, 0.15) is 6.23 Å². The average Bonchev–Trinajstić information content (AvgIpc) is 2.90. The zero-order valence-corrected chi connectivity index (χ0v) is 10.8. The molecule has 0 spiro atoms. The number of aliphatic hydroxyl groups excluding tert-OH is 3. The quantitative estimate of drug-likeness (QED) is 0.500. The fourth-order valence-electron chi connectivity index (χ4n) is 2.22. The number of nitrogens with zero attached hydrogens (tertiary/aromatic N) is 4. The van der Waals surface area contributed by atoms with Crippen molar-refractivity contribution in [2.24, 2.45) is 0 Å². The fourth-order valence-corrected chi connectivity index (χ4v) is 2.48. The van der Waals surface area contributed by atoms with Crippen molar-refractivity contribution in [2.45, 2.75) is 24.5 Å². The normalized spacial score (nSPS) is 30.2. The minimum Gasteiger partial charge on any atom is -0.394 e. The summed E-state index contributed by atoms with van der Waals surface area (Å²) in [5.41, 5.74) is 6.22. The highest BCUT2D eigenvalue weighted by atomic mass is 35.5. The van der Waals surface area contributed by atoms with Gasteiger partial charge in [0.15, 0.2) is 23.2 Å². The summed E-state index contributed by atoms with van der Waals surface area (Å²) in [5.74, 6) is 0.141. The molecule has 0 bridgehead atoms. The van der Waals surface area contributed by atoms with Gasteiger partial charge in [-0.05, 0) is 11.6 Å². The largest absolute Gasteiger partial charge is 0.394 e. The van der Waals surface area contributed by atoms with Crippen LogP contribution in [0.4, 0.5) is 5.82 Å². The summed E-state index contributed by atoms with van der Waals surface area (Å²) < 4.78 is 6.70. The topological polar surface area (TPSA) is 140 Å². The molecule has 0 amide bonds. The van der Waals surface area contributed by atoms with Crippen LogP contribution in [0.15, 0.2) is 6.33 Å². The highest BCUT2D eigenvalue weighted by molar-refractivity contribution is 6.29. The zero-order valence-electron chi connectivity index (χ0n) is 10.1. The number of imidazole rings is 1. The van der Waals surface area contributed by atoms with Gasteiger partial charge in [0.25, 0.3) is 0 Å². The highest BCUT2D eigenvalue weighted by Crippen LogP contribution is 2.34. The van der Waals surface area contributed by atoms with Gasteiger partial charge >= 0.3 is 0 Å². The van der Waals surface area contributed by atoms with E-state index in [1.807, 2.05) is 0 Å². The van der Waals surface area contributed by atoms with Crippen LogP contribution in [-0.2, 0) is 4.74 Å². The first-order valence-electron chi connectivity index (χ1n) is 5.81. The Bertz CT molecular complexity index is 650. The number of hydrogen-bond donors (Lipinski definition) is 4. The maximum Gasteiger partial charge on any atom is 0.207 e. The minimum atomic E-state index is -1.28. The summed E-state index contributed by atoms with van der Waals surface area (Å²) in [6.07, 6.45) is -3.22. The lowest BCUT2D eigenvalue weighted by molar-refractivity contribution is -0.0509. The molecule has 0 aromatic carbocycles. The van der Waals surface area contributed by atoms with Gasteiger partial charge < -0.3 is 25.8 Å². The smallest absolute Gasteiger partial charge is 0.207 e. The van der Waals surface area contributed by atoms with Crippen LogP contribution in [0, 0.1) is 0 Å². The Morgan fingerprint density at radius 1 is 1.35 bits per heavy atom. The molecule has 2 aromatic heterocycles. The first kappa shape index (κ1) is 13.5. The summed E-state index contributed by atoms with van der Waals surface area (Å²) in [4.78, 5) is 11.8. The van der Waals surface area contributed by atoms with Gasteiger partial charge in [-0.3, -0.25) is 4.57 Å². The number of halogens is 1. The molecule has 1 fully saturated rings. The van der Waals surface area contributed by atoms with E-state index >= 15 is 0 Å². The standard InChI is InChI=1S/C10H12ClN5O4/c11-10-15-4-7(12)13-2-14-8(4)16(10)9-6(19)5(18)3(1-17)20-9/h2-3,5-6,9,17-19H,1H2,(H2,12,13,14)/t3-,5?,6?,9-/m1/s1. The van der Waals surface area contributed by atoms with Crippen molar-refractivity contribution < 1.29 is 20.1 Å². The number of anilines is 1. The predicted octanol–water partition coefficient (Wildman–Crippen LogP) is -1.33. The molecule has 5 N–H and O–H groups in total. The lowest BCUT2D eigenvalue weighted by atomic mass is 10.1.